The fourth-order valence-electron chi connectivity index (χ4n) is 3.58. The van der Waals surface area contributed by atoms with Gasteiger partial charge in [0.1, 0.15) is 0 Å². The van der Waals surface area contributed by atoms with Gasteiger partial charge in [-0.1, -0.05) is 47.1 Å². The molecule has 1 saturated heterocycles. The fraction of sp³-hybridized carbons (Fsp3) is 0.318. The summed E-state index contributed by atoms with van der Waals surface area (Å²) in [6.45, 7) is 4.78. The zero-order valence-corrected chi connectivity index (χ0v) is 18.3. The van der Waals surface area contributed by atoms with E-state index in [1.807, 2.05) is 31.2 Å². The minimum Gasteiger partial charge on any atom is -0.338 e. The van der Waals surface area contributed by atoms with Gasteiger partial charge >= 0.3 is 0 Å². The Bertz CT molecular complexity index is 1180. The summed E-state index contributed by atoms with van der Waals surface area (Å²) in [4.78, 5) is 21.3. The van der Waals surface area contributed by atoms with Gasteiger partial charge < -0.3 is 9.42 Å². The van der Waals surface area contributed by atoms with E-state index in [-0.39, 0.29) is 16.4 Å². The molecule has 1 aliphatic rings. The van der Waals surface area contributed by atoms with E-state index in [0.29, 0.717) is 44.4 Å². The molecule has 2 heterocycles. The zero-order valence-electron chi connectivity index (χ0n) is 17.5. The van der Waals surface area contributed by atoms with Crippen LogP contribution in [0.15, 0.2) is 57.9 Å². The first-order valence-electron chi connectivity index (χ1n) is 10.0. The highest BCUT2D eigenvalue weighted by molar-refractivity contribution is 7.90. The molecule has 0 bridgehead atoms. The van der Waals surface area contributed by atoms with Crippen LogP contribution in [0.3, 0.4) is 0 Å². The van der Waals surface area contributed by atoms with E-state index in [4.69, 9.17) is 4.52 Å². The van der Waals surface area contributed by atoms with Gasteiger partial charge in [0.2, 0.25) is 11.7 Å². The molecule has 162 valence electrons. The third kappa shape index (κ3) is 4.83. The van der Waals surface area contributed by atoms with Crippen LogP contribution in [0.5, 0.6) is 0 Å². The summed E-state index contributed by atoms with van der Waals surface area (Å²) in [5.41, 5.74) is 2.29. The van der Waals surface area contributed by atoms with E-state index in [9.17, 15) is 13.2 Å². The normalized spacial score (nSPS) is 15.2. The smallest absolute Gasteiger partial charge is 0.255 e. The first kappa shape index (κ1) is 21.2. The summed E-state index contributed by atoms with van der Waals surface area (Å²) < 4.78 is 29.4. The number of aromatic nitrogens is 2. The molecule has 0 radical (unpaired) electrons. The van der Waals surface area contributed by atoms with Crippen LogP contribution in [0.1, 0.15) is 21.8 Å². The van der Waals surface area contributed by atoms with E-state index in [1.54, 1.807) is 23.1 Å². The van der Waals surface area contributed by atoms with Crippen LogP contribution in [0.2, 0.25) is 0 Å². The van der Waals surface area contributed by atoms with Crippen LogP contribution in [0, 0.1) is 6.92 Å². The Morgan fingerprint density at radius 2 is 1.71 bits per heavy atom. The van der Waals surface area contributed by atoms with E-state index >= 15 is 0 Å². The highest BCUT2D eigenvalue weighted by atomic mass is 32.2. The minimum absolute atomic E-state index is 0.0666. The number of carbonyl (C=O) groups is 1. The van der Waals surface area contributed by atoms with Crippen molar-refractivity contribution >= 4 is 15.7 Å². The van der Waals surface area contributed by atoms with Gasteiger partial charge in [0, 0.05) is 38.0 Å². The number of nitrogens with zero attached hydrogens (tertiary/aromatic N) is 4. The van der Waals surface area contributed by atoms with Gasteiger partial charge in [-0.15, -0.1) is 0 Å². The van der Waals surface area contributed by atoms with Crippen molar-refractivity contribution in [3.63, 3.8) is 0 Å². The van der Waals surface area contributed by atoms with Crippen LogP contribution in [-0.4, -0.2) is 66.7 Å². The second-order valence-electron chi connectivity index (χ2n) is 7.71. The molecular formula is C22H24N4O4S. The van der Waals surface area contributed by atoms with Crippen LogP contribution in [0.4, 0.5) is 0 Å². The molecule has 1 amide bonds. The Labute approximate surface area is 181 Å². The first-order valence-corrected chi connectivity index (χ1v) is 11.9. The zero-order chi connectivity index (χ0) is 22.0. The van der Waals surface area contributed by atoms with Crippen molar-refractivity contribution < 1.29 is 17.7 Å². The van der Waals surface area contributed by atoms with Crippen molar-refractivity contribution in [2.24, 2.45) is 0 Å². The van der Waals surface area contributed by atoms with Gasteiger partial charge in [0.15, 0.2) is 9.84 Å². The lowest BCUT2D eigenvalue weighted by molar-refractivity contribution is 0.0611. The number of carbonyl (C=O) groups excluding carboxylic acids is 1. The van der Waals surface area contributed by atoms with Gasteiger partial charge in [-0.05, 0) is 19.1 Å². The highest BCUT2D eigenvalue weighted by Gasteiger charge is 2.26. The van der Waals surface area contributed by atoms with Crippen molar-refractivity contribution in [2.75, 3.05) is 32.4 Å². The summed E-state index contributed by atoms with van der Waals surface area (Å²) in [6.07, 6.45) is 1.12. The van der Waals surface area contributed by atoms with Crippen molar-refractivity contribution in [1.82, 2.24) is 19.9 Å². The quantitative estimate of drug-likeness (QED) is 0.601. The lowest BCUT2D eigenvalue weighted by Gasteiger charge is -2.34. The molecule has 0 spiro atoms. The summed E-state index contributed by atoms with van der Waals surface area (Å²) >= 11 is 0. The average Bonchev–Trinajstić information content (AvgIpc) is 3.22. The number of benzene rings is 2. The molecular weight excluding hydrogens is 416 g/mol. The Kier molecular flexibility index (Phi) is 5.88. The van der Waals surface area contributed by atoms with Gasteiger partial charge in [-0.2, -0.15) is 4.98 Å². The van der Waals surface area contributed by atoms with Gasteiger partial charge in [0.05, 0.1) is 17.0 Å². The standard InChI is InChI=1S/C22H24N4O4S/c1-16-7-9-17(10-8-16)21-23-20(30-24-21)15-25-11-13-26(14-12-25)22(27)18-5-3-4-6-19(18)31(2,28)29/h3-10H,11-15H2,1-2H3. The van der Waals surface area contributed by atoms with Crippen LogP contribution in [-0.2, 0) is 16.4 Å². The maximum Gasteiger partial charge on any atom is 0.255 e. The predicted molar refractivity (Wildman–Crippen MR) is 115 cm³/mol. The van der Waals surface area contributed by atoms with E-state index in [2.05, 4.69) is 15.0 Å². The van der Waals surface area contributed by atoms with E-state index < -0.39 is 9.84 Å². The Hall–Kier alpha value is -3.04. The van der Waals surface area contributed by atoms with Crippen LogP contribution >= 0.6 is 0 Å². The summed E-state index contributed by atoms with van der Waals surface area (Å²) in [5.74, 6) is 0.819. The van der Waals surface area contributed by atoms with Crippen molar-refractivity contribution in [3.05, 3.63) is 65.5 Å². The third-order valence-electron chi connectivity index (χ3n) is 5.31. The highest BCUT2D eigenvalue weighted by Crippen LogP contribution is 2.20. The van der Waals surface area contributed by atoms with Gasteiger partial charge in [-0.25, -0.2) is 8.42 Å². The topological polar surface area (TPSA) is 96.6 Å². The predicted octanol–water partition coefficient (Wildman–Crippen LogP) is 2.41. The number of hydrogen-bond acceptors (Lipinski definition) is 7. The molecule has 1 fully saturated rings. The summed E-state index contributed by atoms with van der Waals surface area (Å²) in [6, 6.07) is 14.3. The van der Waals surface area contributed by atoms with E-state index in [1.165, 1.54) is 11.6 Å². The number of piperazine rings is 1. The maximum atomic E-state index is 12.9. The number of aryl methyl sites for hydroxylation is 1. The summed E-state index contributed by atoms with van der Waals surface area (Å²) in [7, 11) is -3.48. The Balaban J connectivity index is 1.38. The Morgan fingerprint density at radius 1 is 1.03 bits per heavy atom. The molecule has 1 aliphatic heterocycles. The molecule has 8 nitrogen and oxygen atoms in total. The molecule has 3 aromatic rings. The SMILES string of the molecule is Cc1ccc(-c2noc(CN3CCN(C(=O)c4ccccc4S(C)(=O)=O)CC3)n2)cc1. The van der Waals surface area contributed by atoms with Crippen LogP contribution in [0.25, 0.3) is 11.4 Å². The summed E-state index contributed by atoms with van der Waals surface area (Å²) in [5, 5.41) is 4.06. The van der Waals surface area contributed by atoms with Crippen LogP contribution < -0.4 is 0 Å². The lowest BCUT2D eigenvalue weighted by Crippen LogP contribution is -2.48. The lowest BCUT2D eigenvalue weighted by atomic mass is 10.1. The van der Waals surface area contributed by atoms with Gasteiger partial charge in [0.25, 0.3) is 5.91 Å². The molecule has 9 heteroatoms. The Morgan fingerprint density at radius 3 is 2.39 bits per heavy atom. The number of rotatable bonds is 5. The van der Waals surface area contributed by atoms with Crippen molar-refractivity contribution in [1.29, 1.82) is 0 Å². The second kappa shape index (κ2) is 8.60. The molecule has 1 aromatic heterocycles. The largest absolute Gasteiger partial charge is 0.338 e. The second-order valence-corrected chi connectivity index (χ2v) is 9.70. The van der Waals surface area contributed by atoms with Crippen molar-refractivity contribution in [2.45, 2.75) is 18.4 Å². The number of sulfone groups is 1. The first-order chi connectivity index (χ1) is 14.8. The third-order valence-corrected chi connectivity index (χ3v) is 6.47. The number of hydrogen-bond donors (Lipinski definition) is 0. The molecule has 0 aliphatic carbocycles. The molecule has 0 N–H and O–H groups in total. The monoisotopic (exact) mass is 440 g/mol. The number of amides is 1. The molecule has 4 rings (SSSR count). The molecule has 2 aromatic carbocycles. The average molecular weight is 441 g/mol. The molecule has 0 saturated carbocycles. The van der Waals surface area contributed by atoms with E-state index in [0.717, 1.165) is 11.8 Å². The minimum atomic E-state index is -3.48. The molecule has 0 atom stereocenters. The fourth-order valence-corrected chi connectivity index (χ4v) is 4.46. The molecule has 0 unspecified atom stereocenters. The molecule has 31 heavy (non-hydrogen) atoms. The van der Waals surface area contributed by atoms with Crippen molar-refractivity contribution in [3.8, 4) is 11.4 Å². The maximum absolute atomic E-state index is 12.9. The van der Waals surface area contributed by atoms with Gasteiger partial charge in [-0.3, -0.25) is 9.69 Å².